The number of aromatic nitrogens is 4. The van der Waals surface area contributed by atoms with Gasteiger partial charge in [0, 0.05) is 38.0 Å². The number of aliphatic hydroxyl groups is 1. The van der Waals surface area contributed by atoms with Crippen LogP contribution in [0.2, 0.25) is 25.7 Å². The normalized spacial score (nSPS) is 11.9. The Balaban J connectivity index is 1.40. The maximum Gasteiger partial charge on any atom is 0.139 e. The van der Waals surface area contributed by atoms with Crippen LogP contribution in [-0.2, 0) is 18.0 Å². The summed E-state index contributed by atoms with van der Waals surface area (Å²) in [5.74, 6) is 1.50. The number of hydrogen-bond acceptors (Lipinski definition) is 5. The van der Waals surface area contributed by atoms with E-state index in [4.69, 9.17) is 14.6 Å². The molecule has 0 bridgehead atoms. The first-order valence-corrected chi connectivity index (χ1v) is 14.6. The highest BCUT2D eigenvalue weighted by Crippen LogP contribution is 2.28. The molecular weight excluding hydrogens is 420 g/mol. The Morgan fingerprint density at radius 2 is 1.78 bits per heavy atom. The Kier molecular flexibility index (Phi) is 6.74. The van der Waals surface area contributed by atoms with Crippen LogP contribution in [-0.4, -0.2) is 46.0 Å². The molecule has 7 nitrogen and oxygen atoms in total. The lowest BCUT2D eigenvalue weighted by Crippen LogP contribution is -2.22. The van der Waals surface area contributed by atoms with E-state index < -0.39 is 8.07 Å². The predicted octanol–water partition coefficient (Wildman–Crippen LogP) is 5.00. The van der Waals surface area contributed by atoms with Crippen molar-refractivity contribution in [3.63, 3.8) is 0 Å². The summed E-state index contributed by atoms with van der Waals surface area (Å²) in [4.78, 5) is 0. The minimum Gasteiger partial charge on any atom is -0.457 e. The standard InChI is InChI=1S/C24H30N4O3Si/c1-32(2,3)15-14-30-18-28-24(10-11-25-28)19-4-6-21(7-5-19)31-22-8-9-23-20(16-22)17-27(26-23)12-13-29/h4-11,16-17,29H,12-15,18H2,1-3H3. The molecule has 0 amide bonds. The van der Waals surface area contributed by atoms with Crippen molar-refractivity contribution in [2.45, 2.75) is 39.0 Å². The van der Waals surface area contributed by atoms with Gasteiger partial charge in [-0.1, -0.05) is 19.6 Å². The Hall–Kier alpha value is -2.94. The van der Waals surface area contributed by atoms with Crippen LogP contribution in [0.1, 0.15) is 0 Å². The highest BCUT2D eigenvalue weighted by molar-refractivity contribution is 6.76. The second-order valence-corrected chi connectivity index (χ2v) is 14.6. The molecule has 168 valence electrons. The van der Waals surface area contributed by atoms with Crippen LogP contribution < -0.4 is 4.74 Å². The summed E-state index contributed by atoms with van der Waals surface area (Å²) in [5, 5.41) is 18.9. The molecule has 1 N–H and O–H groups in total. The topological polar surface area (TPSA) is 74.3 Å². The van der Waals surface area contributed by atoms with E-state index >= 15 is 0 Å². The zero-order valence-corrected chi connectivity index (χ0v) is 19.9. The molecule has 0 spiro atoms. The van der Waals surface area contributed by atoms with Crippen LogP contribution in [0, 0.1) is 0 Å². The molecule has 8 heteroatoms. The van der Waals surface area contributed by atoms with E-state index in [0.29, 0.717) is 13.3 Å². The molecule has 2 aromatic heterocycles. The van der Waals surface area contributed by atoms with Crippen molar-refractivity contribution < 1.29 is 14.6 Å². The van der Waals surface area contributed by atoms with Crippen molar-refractivity contribution in [3.8, 4) is 22.8 Å². The average Bonchev–Trinajstić information content (AvgIpc) is 3.37. The van der Waals surface area contributed by atoms with Crippen LogP contribution in [0.4, 0.5) is 0 Å². The van der Waals surface area contributed by atoms with Crippen LogP contribution >= 0.6 is 0 Å². The van der Waals surface area contributed by atoms with Crippen LogP contribution in [0.15, 0.2) is 60.9 Å². The van der Waals surface area contributed by atoms with Gasteiger partial charge in [0.05, 0.1) is 24.4 Å². The van der Waals surface area contributed by atoms with Crippen molar-refractivity contribution in [3.05, 3.63) is 60.9 Å². The molecule has 4 rings (SSSR count). The molecule has 0 aliphatic heterocycles. The number of hydrogen-bond donors (Lipinski definition) is 1. The number of fused-ring (bicyclic) bond motifs is 1. The van der Waals surface area contributed by atoms with E-state index in [2.05, 4.69) is 29.8 Å². The van der Waals surface area contributed by atoms with Gasteiger partial charge in [0.2, 0.25) is 0 Å². The third-order valence-corrected chi connectivity index (χ3v) is 6.87. The highest BCUT2D eigenvalue weighted by atomic mass is 28.3. The van der Waals surface area contributed by atoms with Gasteiger partial charge in [-0.3, -0.25) is 4.68 Å². The first-order chi connectivity index (χ1) is 15.4. The molecule has 32 heavy (non-hydrogen) atoms. The zero-order chi connectivity index (χ0) is 22.6. The Morgan fingerprint density at radius 3 is 2.53 bits per heavy atom. The summed E-state index contributed by atoms with van der Waals surface area (Å²) >= 11 is 0. The summed E-state index contributed by atoms with van der Waals surface area (Å²) in [6.45, 7) is 8.81. The number of rotatable bonds is 10. The van der Waals surface area contributed by atoms with Gasteiger partial charge in [-0.15, -0.1) is 0 Å². The molecule has 2 aromatic carbocycles. The van der Waals surface area contributed by atoms with Crippen molar-refractivity contribution in [2.75, 3.05) is 13.2 Å². The Labute approximate surface area is 189 Å². The first kappa shape index (κ1) is 22.3. The molecule has 0 unspecified atom stereocenters. The van der Waals surface area contributed by atoms with Gasteiger partial charge >= 0.3 is 0 Å². The number of aliphatic hydroxyl groups excluding tert-OH is 1. The van der Waals surface area contributed by atoms with Crippen LogP contribution in [0.3, 0.4) is 0 Å². The predicted molar refractivity (Wildman–Crippen MR) is 129 cm³/mol. The van der Waals surface area contributed by atoms with Crippen molar-refractivity contribution >= 4 is 19.0 Å². The number of benzene rings is 2. The molecular formula is C24H30N4O3Si. The quantitative estimate of drug-likeness (QED) is 0.272. The number of nitrogens with zero attached hydrogens (tertiary/aromatic N) is 4. The lowest BCUT2D eigenvalue weighted by Gasteiger charge is -2.16. The van der Waals surface area contributed by atoms with E-state index in [-0.39, 0.29) is 6.61 Å². The van der Waals surface area contributed by atoms with Crippen molar-refractivity contribution in [1.82, 2.24) is 19.6 Å². The van der Waals surface area contributed by atoms with E-state index in [9.17, 15) is 0 Å². The van der Waals surface area contributed by atoms with Crippen molar-refractivity contribution in [1.29, 1.82) is 0 Å². The van der Waals surface area contributed by atoms with Gasteiger partial charge in [0.25, 0.3) is 0 Å². The summed E-state index contributed by atoms with van der Waals surface area (Å²) in [5.41, 5.74) is 2.95. The summed E-state index contributed by atoms with van der Waals surface area (Å²) in [6.07, 6.45) is 3.71. The largest absolute Gasteiger partial charge is 0.457 e. The molecule has 0 saturated carbocycles. The Bertz CT molecular complexity index is 1160. The summed E-state index contributed by atoms with van der Waals surface area (Å²) < 4.78 is 15.5. The van der Waals surface area contributed by atoms with Crippen LogP contribution in [0.25, 0.3) is 22.2 Å². The third-order valence-electron chi connectivity index (χ3n) is 5.16. The maximum absolute atomic E-state index is 9.09. The van der Waals surface area contributed by atoms with Crippen LogP contribution in [0.5, 0.6) is 11.5 Å². The van der Waals surface area contributed by atoms with Crippen molar-refractivity contribution in [2.24, 2.45) is 0 Å². The van der Waals surface area contributed by atoms with Gasteiger partial charge in [0.1, 0.15) is 18.2 Å². The van der Waals surface area contributed by atoms with Gasteiger partial charge in [-0.25, -0.2) is 4.68 Å². The molecule has 0 atom stereocenters. The fraction of sp³-hybridized carbons (Fsp3) is 0.333. The monoisotopic (exact) mass is 450 g/mol. The third kappa shape index (κ3) is 5.64. The molecule has 0 aliphatic rings. The van der Waals surface area contributed by atoms with Gasteiger partial charge < -0.3 is 14.6 Å². The van der Waals surface area contributed by atoms with Gasteiger partial charge in [-0.2, -0.15) is 10.2 Å². The fourth-order valence-electron chi connectivity index (χ4n) is 3.38. The molecule has 0 aliphatic carbocycles. The molecule has 0 saturated heterocycles. The second kappa shape index (κ2) is 9.68. The molecule has 0 radical (unpaired) electrons. The zero-order valence-electron chi connectivity index (χ0n) is 18.9. The van der Waals surface area contributed by atoms with Gasteiger partial charge in [0.15, 0.2) is 0 Å². The lowest BCUT2D eigenvalue weighted by molar-refractivity contribution is 0.0798. The molecule has 0 fully saturated rings. The SMILES string of the molecule is C[Si](C)(C)CCOCn1nccc1-c1ccc(Oc2ccc3nn(CCO)cc3c2)cc1. The summed E-state index contributed by atoms with van der Waals surface area (Å²) in [7, 11) is -1.10. The maximum atomic E-state index is 9.09. The second-order valence-electron chi connectivity index (χ2n) is 9.03. The van der Waals surface area contributed by atoms with Gasteiger partial charge in [-0.05, 0) is 54.6 Å². The Morgan fingerprint density at radius 1 is 1.00 bits per heavy atom. The minimum atomic E-state index is -1.10. The van der Waals surface area contributed by atoms with E-state index in [0.717, 1.165) is 46.3 Å². The molecule has 4 aromatic rings. The fourth-order valence-corrected chi connectivity index (χ4v) is 4.13. The lowest BCUT2D eigenvalue weighted by atomic mass is 10.1. The van der Waals surface area contributed by atoms with E-state index in [1.165, 1.54) is 0 Å². The average molecular weight is 451 g/mol. The van der Waals surface area contributed by atoms with E-state index in [1.807, 2.05) is 59.4 Å². The molecule has 2 heterocycles. The minimum absolute atomic E-state index is 0.0627. The van der Waals surface area contributed by atoms with E-state index in [1.54, 1.807) is 10.9 Å². The highest BCUT2D eigenvalue weighted by Gasteiger charge is 2.13. The number of ether oxygens (including phenoxy) is 2. The smallest absolute Gasteiger partial charge is 0.139 e. The summed E-state index contributed by atoms with van der Waals surface area (Å²) in [6, 6.07) is 16.9. The first-order valence-electron chi connectivity index (χ1n) is 10.9.